The van der Waals surface area contributed by atoms with E-state index in [1.54, 1.807) is 24.4 Å². The molecule has 0 radical (unpaired) electrons. The van der Waals surface area contributed by atoms with E-state index in [1.165, 1.54) is 25.2 Å². The minimum atomic E-state index is -4.41. The van der Waals surface area contributed by atoms with E-state index in [1.807, 2.05) is 11.6 Å². The quantitative estimate of drug-likeness (QED) is 0.118. The van der Waals surface area contributed by atoms with Gasteiger partial charge in [-0.3, -0.25) is 9.67 Å². The van der Waals surface area contributed by atoms with Gasteiger partial charge in [0.2, 0.25) is 0 Å². The zero-order valence-electron chi connectivity index (χ0n) is 27.8. The molecule has 0 unspecified atom stereocenters. The van der Waals surface area contributed by atoms with E-state index in [0.29, 0.717) is 34.7 Å². The van der Waals surface area contributed by atoms with E-state index in [0.717, 1.165) is 52.0 Å². The van der Waals surface area contributed by atoms with E-state index >= 15 is 0 Å². The molecule has 6 N–H and O–H groups in total. The van der Waals surface area contributed by atoms with Gasteiger partial charge in [0.05, 0.1) is 50.5 Å². The number of alkyl halides is 3. The van der Waals surface area contributed by atoms with Gasteiger partial charge in [0.1, 0.15) is 42.6 Å². The van der Waals surface area contributed by atoms with Crippen molar-refractivity contribution in [1.29, 1.82) is 5.26 Å². The lowest BCUT2D eigenvalue weighted by molar-refractivity contribution is -0.175. The third-order valence-corrected chi connectivity index (χ3v) is 7.27. The summed E-state index contributed by atoms with van der Waals surface area (Å²) in [5, 5.41) is 20.3. The zero-order chi connectivity index (χ0) is 35.5. The number of hydrogen-bond acceptors (Lipinski definition) is 11. The van der Waals surface area contributed by atoms with E-state index < -0.39 is 12.8 Å². The molecular formula is C33H46F3N9O4. The second-order valence-corrected chi connectivity index (χ2v) is 11.2. The maximum absolute atomic E-state index is 12.4. The molecule has 1 saturated carbocycles. The number of halogens is 3. The molecule has 1 aliphatic carbocycles. The maximum Gasteiger partial charge on any atom is 0.411 e. The Morgan fingerprint density at radius 3 is 2.61 bits per heavy atom. The van der Waals surface area contributed by atoms with Gasteiger partial charge in [-0.25, -0.2) is 4.99 Å². The summed E-state index contributed by atoms with van der Waals surface area (Å²) in [5.74, 6) is 0.800. The third-order valence-electron chi connectivity index (χ3n) is 7.27. The van der Waals surface area contributed by atoms with Crippen LogP contribution in [0.3, 0.4) is 0 Å². The molecular weight excluding hydrogens is 643 g/mol. The van der Waals surface area contributed by atoms with Gasteiger partial charge in [0.15, 0.2) is 0 Å². The molecule has 1 aromatic carbocycles. The average molecular weight is 690 g/mol. The van der Waals surface area contributed by atoms with E-state index in [9.17, 15) is 18.4 Å². The number of aromatic nitrogens is 2. The van der Waals surface area contributed by atoms with Crippen LogP contribution in [0.5, 0.6) is 11.6 Å². The fraction of sp³-hybridized carbons (Fsp3) is 0.515. The second-order valence-electron chi connectivity index (χ2n) is 11.2. The van der Waals surface area contributed by atoms with E-state index in [2.05, 4.69) is 43.1 Å². The largest absolute Gasteiger partial charge is 0.487 e. The predicted octanol–water partition coefficient (Wildman–Crippen LogP) is 4.53. The molecule has 13 nitrogen and oxygen atoms in total. The fourth-order valence-corrected chi connectivity index (χ4v) is 4.91. The average Bonchev–Trinajstić information content (AvgIpc) is 3.50. The van der Waals surface area contributed by atoms with Crippen molar-refractivity contribution in [2.45, 2.75) is 57.3 Å². The van der Waals surface area contributed by atoms with Crippen LogP contribution < -0.4 is 31.6 Å². The van der Waals surface area contributed by atoms with Crippen LogP contribution in [0, 0.1) is 11.3 Å². The minimum absolute atomic E-state index is 0.122. The van der Waals surface area contributed by atoms with Crippen molar-refractivity contribution in [3.63, 3.8) is 0 Å². The lowest BCUT2D eigenvalue weighted by Gasteiger charge is -2.21. The van der Waals surface area contributed by atoms with E-state index in [4.69, 9.17) is 25.7 Å². The molecule has 16 heteroatoms. The Labute approximate surface area is 284 Å². The fourth-order valence-electron chi connectivity index (χ4n) is 4.91. The van der Waals surface area contributed by atoms with Crippen molar-refractivity contribution in [2.75, 3.05) is 58.0 Å². The highest BCUT2D eigenvalue weighted by atomic mass is 19.4. The van der Waals surface area contributed by atoms with Crippen LogP contribution in [-0.2, 0) is 9.47 Å². The number of nitriles is 1. The van der Waals surface area contributed by atoms with Gasteiger partial charge in [0.25, 0.3) is 5.88 Å². The number of ether oxygens (including phenoxy) is 4. The van der Waals surface area contributed by atoms with Gasteiger partial charge in [0, 0.05) is 31.1 Å². The normalized spacial score (nSPS) is 16.5. The number of nitrogens with zero attached hydrogens (tertiary/aromatic N) is 5. The summed E-state index contributed by atoms with van der Waals surface area (Å²) in [6.45, 7) is 8.18. The number of anilines is 1. The molecule has 1 saturated heterocycles. The van der Waals surface area contributed by atoms with Crippen LogP contribution in [0.4, 0.5) is 18.9 Å². The molecule has 2 aromatic rings. The van der Waals surface area contributed by atoms with Crippen LogP contribution in [0.15, 0.2) is 53.0 Å². The molecule has 2 fully saturated rings. The first-order valence-electron chi connectivity index (χ1n) is 16.1. The van der Waals surface area contributed by atoms with Crippen LogP contribution in [0.25, 0.3) is 5.57 Å². The minimum Gasteiger partial charge on any atom is -0.487 e. The molecule has 4 rings (SSSR count). The lowest BCUT2D eigenvalue weighted by atomic mass is 9.96. The smallest absolute Gasteiger partial charge is 0.411 e. The number of nitrogens with one attached hydrogen (secondary N) is 2. The second kappa shape index (κ2) is 20.7. The summed E-state index contributed by atoms with van der Waals surface area (Å²) in [6.07, 6.45) is 6.37. The highest BCUT2D eigenvalue weighted by Gasteiger charge is 2.27. The number of morpholine rings is 1. The maximum atomic E-state index is 12.4. The molecule has 49 heavy (non-hydrogen) atoms. The van der Waals surface area contributed by atoms with Crippen LogP contribution >= 0.6 is 0 Å². The zero-order valence-corrected chi connectivity index (χ0v) is 27.8. The summed E-state index contributed by atoms with van der Waals surface area (Å²) < 4.78 is 60.1. The number of rotatable bonds is 15. The van der Waals surface area contributed by atoms with Crippen molar-refractivity contribution < 1.29 is 32.1 Å². The summed E-state index contributed by atoms with van der Waals surface area (Å²) in [7, 11) is 0. The molecule has 2 aliphatic rings. The van der Waals surface area contributed by atoms with Crippen molar-refractivity contribution >= 4 is 23.8 Å². The van der Waals surface area contributed by atoms with Gasteiger partial charge >= 0.3 is 6.18 Å². The molecule has 0 bridgehead atoms. The van der Waals surface area contributed by atoms with Crippen LogP contribution in [0.2, 0.25) is 0 Å². The molecule has 0 amide bonds. The third kappa shape index (κ3) is 14.2. The number of hydrogen-bond donors (Lipinski definition) is 4. The first-order valence-corrected chi connectivity index (χ1v) is 16.1. The summed E-state index contributed by atoms with van der Waals surface area (Å²) >= 11 is 0. The van der Waals surface area contributed by atoms with Gasteiger partial charge in [-0.05, 0) is 37.5 Å². The summed E-state index contributed by atoms with van der Waals surface area (Å²) in [5.41, 5.74) is 13.2. The first-order chi connectivity index (χ1) is 23.6. The van der Waals surface area contributed by atoms with Gasteiger partial charge < -0.3 is 41.0 Å². The van der Waals surface area contributed by atoms with Gasteiger partial charge in [-0.2, -0.15) is 18.4 Å². The molecule has 0 spiro atoms. The van der Waals surface area contributed by atoms with Crippen LogP contribution in [0.1, 0.15) is 56.2 Å². The van der Waals surface area contributed by atoms with E-state index in [-0.39, 0.29) is 37.1 Å². The predicted molar refractivity (Wildman–Crippen MR) is 183 cm³/mol. The Kier molecular flexibility index (Phi) is 16.4. The molecule has 1 atom stereocenters. The number of allylic oxidation sites excluding steroid dienone is 1. The summed E-state index contributed by atoms with van der Waals surface area (Å²) in [6, 6.07) is 7.32. The Morgan fingerprint density at radius 2 is 2.00 bits per heavy atom. The standard InChI is InChI=1S/C29H37F3N8O3.C4H9NO/c1-20(15-36-19-35)43-27-12-22(8-9-23(27)13-33)24(14-34)16-37-21(2)38-26-17-40(25-6-4-3-5-7-25)39-28(26)42-11-10-41-18-29(30,31)32;1-3-6-4-2-5-1/h8-9,12,14,16-17,19-20,25,38H,2-7,10-11,15,18,34H2,1H3,(H2,35,36);5H,1-4H2/b24-14+,37-16-;/t20-;/m0./s1. The van der Waals surface area contributed by atoms with Crippen molar-refractivity contribution in [2.24, 2.45) is 21.5 Å². The summed E-state index contributed by atoms with van der Waals surface area (Å²) in [4.78, 5) is 8.34. The Bertz CT molecular complexity index is 1430. The Morgan fingerprint density at radius 1 is 1.24 bits per heavy atom. The Hall–Kier alpha value is -4.59. The van der Waals surface area contributed by atoms with Crippen molar-refractivity contribution in [1.82, 2.24) is 15.1 Å². The van der Waals surface area contributed by atoms with Gasteiger partial charge in [-0.1, -0.05) is 31.9 Å². The lowest BCUT2D eigenvalue weighted by Crippen LogP contribution is -2.30. The number of aliphatic imine (C=N–C) groups is 2. The molecule has 2 heterocycles. The monoisotopic (exact) mass is 689 g/mol. The number of nitrogens with two attached hydrogens (primary N) is 2. The molecule has 1 aromatic heterocycles. The molecule has 268 valence electrons. The van der Waals surface area contributed by atoms with Gasteiger partial charge in [-0.15, -0.1) is 5.10 Å². The van der Waals surface area contributed by atoms with Crippen molar-refractivity contribution in [3.8, 4) is 17.7 Å². The first kappa shape index (κ1) is 38.9. The topological polar surface area (TPSA) is 179 Å². The SMILES string of the molecule is C1COCCN1.C=C(/N=C\C(=C/N)c1ccc(C#N)c(O[C@@H](C)CN=CN)c1)Nc1cn(C2CCCCC2)nc1OCCOCC(F)(F)F. The molecule has 1 aliphatic heterocycles. The van der Waals surface area contributed by atoms with Crippen molar-refractivity contribution in [3.05, 3.63) is 54.1 Å². The Balaban J connectivity index is 0.000000974. The highest BCUT2D eigenvalue weighted by molar-refractivity contribution is 6.10. The van der Waals surface area contributed by atoms with Crippen LogP contribution in [-0.4, -0.2) is 87.3 Å². The highest BCUT2D eigenvalue weighted by Crippen LogP contribution is 2.32. The number of benzene rings is 1.